The van der Waals surface area contributed by atoms with Crippen LogP contribution in [0.3, 0.4) is 0 Å². The second kappa shape index (κ2) is 8.20. The van der Waals surface area contributed by atoms with Gasteiger partial charge in [0.1, 0.15) is 5.69 Å². The fraction of sp³-hybridized carbons (Fsp3) is 0.235. The number of hydrogen-bond acceptors (Lipinski definition) is 8. The van der Waals surface area contributed by atoms with E-state index in [1.165, 1.54) is 41.4 Å². The topological polar surface area (TPSA) is 146 Å². The van der Waals surface area contributed by atoms with Crippen molar-refractivity contribution >= 4 is 28.4 Å². The van der Waals surface area contributed by atoms with Crippen LogP contribution in [0.25, 0.3) is 11.1 Å². The Morgan fingerprint density at radius 2 is 2.21 bits per heavy atom. The molecule has 0 unspecified atom stereocenters. The maximum atomic E-state index is 12.0. The number of fused-ring (bicyclic) bond motifs is 1. The van der Waals surface area contributed by atoms with E-state index in [0.717, 1.165) is 0 Å². The highest BCUT2D eigenvalue weighted by molar-refractivity contribution is 5.97. The summed E-state index contributed by atoms with van der Waals surface area (Å²) in [5.74, 6) is -0.952. The Morgan fingerprint density at radius 3 is 2.93 bits per heavy atom. The first-order valence-corrected chi connectivity index (χ1v) is 8.33. The molecule has 0 aliphatic rings. The molecule has 2 aromatic heterocycles. The maximum Gasteiger partial charge on any atom is 0.419 e. The molecule has 0 bridgehead atoms. The number of aromatic nitrogens is 3. The average molecular weight is 384 g/mol. The van der Waals surface area contributed by atoms with Crippen molar-refractivity contribution < 1.29 is 14.1 Å². The van der Waals surface area contributed by atoms with Crippen molar-refractivity contribution in [2.45, 2.75) is 26.3 Å². The largest absolute Gasteiger partial charge is 0.419 e. The molecular weight excluding hydrogens is 368 g/mol. The number of hydrogen-bond donors (Lipinski definition) is 1. The summed E-state index contributed by atoms with van der Waals surface area (Å²) < 4.78 is 6.38. The van der Waals surface area contributed by atoms with Gasteiger partial charge < -0.3 is 4.42 Å². The monoisotopic (exact) mass is 384 g/mol. The number of benzene rings is 1. The number of nitro groups is 1. The summed E-state index contributed by atoms with van der Waals surface area (Å²) in [5, 5.41) is 14.8. The summed E-state index contributed by atoms with van der Waals surface area (Å²) in [6, 6.07) is 3.95. The molecule has 1 N–H and O–H groups in total. The van der Waals surface area contributed by atoms with Crippen molar-refractivity contribution in [1.29, 1.82) is 0 Å². The molecule has 0 saturated carbocycles. The zero-order valence-electron chi connectivity index (χ0n) is 14.9. The lowest BCUT2D eigenvalue weighted by molar-refractivity contribution is -0.384. The molecule has 1 amide bonds. The van der Waals surface area contributed by atoms with Crippen molar-refractivity contribution in [1.82, 2.24) is 20.0 Å². The Bertz CT molecular complexity index is 1100. The average Bonchev–Trinajstić information content (AvgIpc) is 3.01. The molecule has 0 spiro atoms. The van der Waals surface area contributed by atoms with Gasteiger partial charge in [0.15, 0.2) is 5.58 Å². The van der Waals surface area contributed by atoms with Crippen molar-refractivity contribution in [2.75, 3.05) is 0 Å². The number of amides is 1. The number of nitro benzene ring substituents is 1. The number of carbonyl (C=O) groups is 1. The van der Waals surface area contributed by atoms with Crippen LogP contribution in [0.1, 0.15) is 25.5 Å². The molecule has 11 nitrogen and oxygen atoms in total. The highest BCUT2D eigenvalue weighted by Gasteiger charge is 2.14. The van der Waals surface area contributed by atoms with Crippen molar-refractivity contribution in [3.8, 4) is 0 Å². The molecule has 3 rings (SSSR count). The first kappa shape index (κ1) is 18.9. The van der Waals surface area contributed by atoms with Crippen LogP contribution < -0.4 is 11.2 Å². The fourth-order valence-corrected chi connectivity index (χ4v) is 2.52. The molecule has 0 radical (unpaired) electrons. The number of carbonyl (C=O) groups excluding carboxylic acids is 1. The molecule has 2 heterocycles. The van der Waals surface area contributed by atoms with Gasteiger partial charge in [-0.25, -0.2) is 10.2 Å². The van der Waals surface area contributed by atoms with Crippen LogP contribution in [-0.4, -0.2) is 31.1 Å². The Hall–Kier alpha value is -3.89. The lowest BCUT2D eigenvalue weighted by atomic mass is 10.2. The number of rotatable bonds is 7. The van der Waals surface area contributed by atoms with Crippen LogP contribution in [0.4, 0.5) is 5.69 Å². The standard InChI is InChI=1S/C17H16N6O5/c1-11(13-10-18-6-7-19-13)20-21-16(24)3-2-8-22-14-5-4-12(23(26)27)9-15(14)28-17(22)25/h4-7,9-10H,2-3,8H2,1H3,(H,21,24)/b20-11+. The number of hydrazone groups is 1. The molecule has 28 heavy (non-hydrogen) atoms. The van der Waals surface area contributed by atoms with Crippen LogP contribution in [0.2, 0.25) is 0 Å². The molecule has 0 atom stereocenters. The quantitative estimate of drug-likeness (QED) is 0.370. The van der Waals surface area contributed by atoms with Gasteiger partial charge in [0, 0.05) is 31.4 Å². The third-order valence-electron chi connectivity index (χ3n) is 3.93. The minimum atomic E-state index is -0.632. The van der Waals surface area contributed by atoms with E-state index in [2.05, 4.69) is 20.5 Å². The van der Waals surface area contributed by atoms with Crippen LogP contribution in [0.5, 0.6) is 0 Å². The second-order valence-corrected chi connectivity index (χ2v) is 5.86. The van der Waals surface area contributed by atoms with Gasteiger partial charge in [0.2, 0.25) is 5.91 Å². The summed E-state index contributed by atoms with van der Waals surface area (Å²) >= 11 is 0. The zero-order chi connectivity index (χ0) is 20.1. The minimum Gasteiger partial charge on any atom is -0.407 e. The first-order valence-electron chi connectivity index (χ1n) is 8.33. The molecule has 144 valence electrons. The third-order valence-corrected chi connectivity index (χ3v) is 3.93. The molecule has 0 saturated heterocycles. The Morgan fingerprint density at radius 1 is 1.39 bits per heavy atom. The zero-order valence-corrected chi connectivity index (χ0v) is 14.9. The number of nitrogens with zero attached hydrogens (tertiary/aromatic N) is 5. The predicted octanol–water partition coefficient (Wildman–Crippen LogP) is 1.61. The number of non-ortho nitro benzene ring substituents is 1. The van der Waals surface area contributed by atoms with E-state index in [1.54, 1.807) is 6.92 Å². The first-order chi connectivity index (χ1) is 13.5. The second-order valence-electron chi connectivity index (χ2n) is 5.86. The van der Waals surface area contributed by atoms with E-state index in [0.29, 0.717) is 23.3 Å². The highest BCUT2D eigenvalue weighted by atomic mass is 16.6. The van der Waals surface area contributed by atoms with Crippen LogP contribution in [0, 0.1) is 10.1 Å². The lowest BCUT2D eigenvalue weighted by Gasteiger charge is -2.03. The fourth-order valence-electron chi connectivity index (χ4n) is 2.52. The van der Waals surface area contributed by atoms with Gasteiger partial charge in [-0.05, 0) is 19.4 Å². The SMILES string of the molecule is C/C(=N\NC(=O)CCCn1c(=O)oc2cc([N+](=O)[O-])ccc21)c1cnccn1. The van der Waals surface area contributed by atoms with Crippen LogP contribution in [-0.2, 0) is 11.3 Å². The molecular formula is C17H16N6O5. The normalized spacial score (nSPS) is 11.5. The molecule has 0 aliphatic heterocycles. The Kier molecular flexibility index (Phi) is 5.53. The number of oxazole rings is 1. The molecule has 0 aliphatic carbocycles. The van der Waals surface area contributed by atoms with E-state index < -0.39 is 10.7 Å². The summed E-state index contributed by atoms with van der Waals surface area (Å²) in [4.78, 5) is 42.1. The van der Waals surface area contributed by atoms with E-state index in [4.69, 9.17) is 4.42 Å². The number of aryl methyl sites for hydroxylation is 1. The summed E-state index contributed by atoms with van der Waals surface area (Å²) in [7, 11) is 0. The summed E-state index contributed by atoms with van der Waals surface area (Å²) in [6.45, 7) is 1.92. The summed E-state index contributed by atoms with van der Waals surface area (Å²) in [5.41, 5.74) is 3.90. The molecule has 11 heteroatoms. The third kappa shape index (κ3) is 4.26. The smallest absolute Gasteiger partial charge is 0.407 e. The summed E-state index contributed by atoms with van der Waals surface area (Å²) in [6.07, 6.45) is 5.08. The van der Waals surface area contributed by atoms with Crippen LogP contribution >= 0.6 is 0 Å². The van der Waals surface area contributed by atoms with E-state index >= 15 is 0 Å². The predicted molar refractivity (Wildman–Crippen MR) is 98.7 cm³/mol. The highest BCUT2D eigenvalue weighted by Crippen LogP contribution is 2.20. The van der Waals surface area contributed by atoms with Gasteiger partial charge in [-0.1, -0.05) is 0 Å². The van der Waals surface area contributed by atoms with Gasteiger partial charge in [0.25, 0.3) is 5.69 Å². The van der Waals surface area contributed by atoms with Gasteiger partial charge in [-0.2, -0.15) is 5.10 Å². The minimum absolute atomic E-state index is 0.128. The van der Waals surface area contributed by atoms with E-state index in [1.807, 2.05) is 0 Å². The van der Waals surface area contributed by atoms with E-state index in [9.17, 15) is 19.7 Å². The van der Waals surface area contributed by atoms with Crippen LogP contribution in [0.15, 0.2) is 51.1 Å². The van der Waals surface area contributed by atoms with Gasteiger partial charge in [0.05, 0.1) is 28.4 Å². The lowest BCUT2D eigenvalue weighted by Crippen LogP contribution is -2.21. The molecule has 0 fully saturated rings. The number of nitrogens with one attached hydrogen (secondary N) is 1. The molecule has 1 aromatic carbocycles. The van der Waals surface area contributed by atoms with Gasteiger partial charge in [-0.3, -0.25) is 29.4 Å². The van der Waals surface area contributed by atoms with Crippen molar-refractivity contribution in [3.05, 3.63) is 63.1 Å². The van der Waals surface area contributed by atoms with Crippen molar-refractivity contribution in [2.24, 2.45) is 5.10 Å². The van der Waals surface area contributed by atoms with Crippen molar-refractivity contribution in [3.63, 3.8) is 0 Å². The molecule has 3 aromatic rings. The van der Waals surface area contributed by atoms with Gasteiger partial charge in [-0.15, -0.1) is 0 Å². The Labute approximate surface area is 157 Å². The Balaban J connectivity index is 1.59. The van der Waals surface area contributed by atoms with E-state index in [-0.39, 0.29) is 30.1 Å². The maximum absolute atomic E-state index is 12.0. The van der Waals surface area contributed by atoms with Gasteiger partial charge >= 0.3 is 5.76 Å².